The molecule has 98 valence electrons. The molecule has 0 bridgehead atoms. The molecule has 0 aromatic heterocycles. The highest BCUT2D eigenvalue weighted by Crippen LogP contribution is 2.20. The highest BCUT2D eigenvalue weighted by atomic mass is 19.1. The van der Waals surface area contributed by atoms with Gasteiger partial charge in [-0.3, -0.25) is 4.79 Å². The Morgan fingerprint density at radius 1 is 0.900 bits per heavy atom. The van der Waals surface area contributed by atoms with Gasteiger partial charge in [-0.1, -0.05) is 42.5 Å². The van der Waals surface area contributed by atoms with E-state index in [9.17, 15) is 9.18 Å². The highest BCUT2D eigenvalue weighted by Gasteiger charge is 2.13. The number of rotatable bonds is 2. The Morgan fingerprint density at radius 3 is 2.45 bits per heavy atom. The van der Waals surface area contributed by atoms with Crippen LogP contribution >= 0.6 is 0 Å². The number of fused-ring (bicyclic) bond motifs is 1. The average molecular weight is 264 g/mol. The Hall–Kier alpha value is -2.48. The van der Waals surface area contributed by atoms with Gasteiger partial charge >= 0.3 is 0 Å². The van der Waals surface area contributed by atoms with Crippen molar-refractivity contribution in [2.75, 3.05) is 0 Å². The molecule has 3 aromatic rings. The Morgan fingerprint density at radius 2 is 1.65 bits per heavy atom. The molecule has 1 nitrogen and oxygen atoms in total. The molecule has 0 heterocycles. The van der Waals surface area contributed by atoms with E-state index in [0.717, 1.165) is 16.3 Å². The summed E-state index contributed by atoms with van der Waals surface area (Å²) in [6.07, 6.45) is 0. The van der Waals surface area contributed by atoms with Gasteiger partial charge in [0.2, 0.25) is 0 Å². The summed E-state index contributed by atoms with van der Waals surface area (Å²) in [7, 11) is 0. The third kappa shape index (κ3) is 2.21. The zero-order valence-corrected chi connectivity index (χ0v) is 11.1. The summed E-state index contributed by atoms with van der Waals surface area (Å²) >= 11 is 0. The van der Waals surface area contributed by atoms with Crippen LogP contribution < -0.4 is 0 Å². The standard InChI is InChI=1S/C18H13FO/c1-12-6-9-16(19)11-17(12)18(20)15-8-7-13-4-2-3-5-14(13)10-15/h2-11H,1H3. The molecule has 3 aromatic carbocycles. The molecule has 0 fully saturated rings. The predicted octanol–water partition coefficient (Wildman–Crippen LogP) is 4.52. The van der Waals surface area contributed by atoms with Crippen LogP contribution in [0.4, 0.5) is 4.39 Å². The number of carbonyl (C=O) groups excluding carboxylic acids is 1. The maximum absolute atomic E-state index is 13.3. The number of carbonyl (C=O) groups is 1. The third-order valence-electron chi connectivity index (χ3n) is 3.46. The number of benzene rings is 3. The Kier molecular flexibility index (Phi) is 3.07. The van der Waals surface area contributed by atoms with Crippen molar-refractivity contribution >= 4 is 16.6 Å². The molecule has 0 aliphatic carbocycles. The van der Waals surface area contributed by atoms with Crippen molar-refractivity contribution in [2.24, 2.45) is 0 Å². The van der Waals surface area contributed by atoms with Gasteiger partial charge in [-0.15, -0.1) is 0 Å². The van der Waals surface area contributed by atoms with E-state index in [1.54, 1.807) is 12.1 Å². The molecule has 0 spiro atoms. The lowest BCUT2D eigenvalue weighted by atomic mass is 9.97. The number of ketones is 1. The molecule has 0 atom stereocenters. The molecule has 3 rings (SSSR count). The van der Waals surface area contributed by atoms with Gasteiger partial charge in [0.15, 0.2) is 5.78 Å². The van der Waals surface area contributed by atoms with Crippen LogP contribution in [0.25, 0.3) is 10.8 Å². The predicted molar refractivity (Wildman–Crippen MR) is 78.5 cm³/mol. The molecule has 0 saturated carbocycles. The SMILES string of the molecule is Cc1ccc(F)cc1C(=O)c1ccc2ccccc2c1. The summed E-state index contributed by atoms with van der Waals surface area (Å²) in [4.78, 5) is 12.5. The summed E-state index contributed by atoms with van der Waals surface area (Å²) in [5.74, 6) is -0.535. The quantitative estimate of drug-likeness (QED) is 0.622. The monoisotopic (exact) mass is 264 g/mol. The highest BCUT2D eigenvalue weighted by molar-refractivity contribution is 6.11. The van der Waals surface area contributed by atoms with E-state index in [1.807, 2.05) is 43.3 Å². The normalized spacial score (nSPS) is 10.7. The minimum atomic E-state index is -0.389. The Labute approximate surface area is 116 Å². The molecule has 0 N–H and O–H groups in total. The Bertz CT molecular complexity index is 805. The molecule has 0 aliphatic rings. The minimum absolute atomic E-state index is 0.146. The smallest absolute Gasteiger partial charge is 0.193 e. The van der Waals surface area contributed by atoms with Crippen LogP contribution in [0.5, 0.6) is 0 Å². The molecule has 0 aliphatic heterocycles. The largest absolute Gasteiger partial charge is 0.289 e. The topological polar surface area (TPSA) is 17.1 Å². The molecule has 20 heavy (non-hydrogen) atoms. The third-order valence-corrected chi connectivity index (χ3v) is 3.46. The van der Waals surface area contributed by atoms with E-state index in [4.69, 9.17) is 0 Å². The lowest BCUT2D eigenvalue weighted by Crippen LogP contribution is -2.04. The zero-order chi connectivity index (χ0) is 14.1. The zero-order valence-electron chi connectivity index (χ0n) is 11.1. The van der Waals surface area contributed by atoms with Crippen LogP contribution in [0.15, 0.2) is 60.7 Å². The molecule has 2 heteroatoms. The second kappa shape index (κ2) is 4.89. The fourth-order valence-electron chi connectivity index (χ4n) is 2.32. The first-order valence-electron chi connectivity index (χ1n) is 6.45. The van der Waals surface area contributed by atoms with Gasteiger partial charge < -0.3 is 0 Å². The molecule has 0 radical (unpaired) electrons. The van der Waals surface area contributed by atoms with E-state index in [2.05, 4.69) is 0 Å². The van der Waals surface area contributed by atoms with Crippen LogP contribution in [0.1, 0.15) is 21.5 Å². The van der Waals surface area contributed by atoms with Crippen molar-refractivity contribution in [2.45, 2.75) is 6.92 Å². The van der Waals surface area contributed by atoms with Gasteiger partial charge in [0.1, 0.15) is 5.82 Å². The summed E-state index contributed by atoms with van der Waals surface area (Å²) in [5.41, 5.74) is 1.78. The second-order valence-corrected chi connectivity index (χ2v) is 4.85. The molecule has 0 saturated heterocycles. The van der Waals surface area contributed by atoms with Crippen molar-refractivity contribution in [3.8, 4) is 0 Å². The van der Waals surface area contributed by atoms with E-state index < -0.39 is 0 Å². The van der Waals surface area contributed by atoms with E-state index >= 15 is 0 Å². The fourth-order valence-corrected chi connectivity index (χ4v) is 2.32. The van der Waals surface area contributed by atoms with E-state index in [1.165, 1.54) is 12.1 Å². The lowest BCUT2D eigenvalue weighted by molar-refractivity contribution is 0.103. The summed E-state index contributed by atoms with van der Waals surface area (Å²) in [5, 5.41) is 2.09. The van der Waals surface area contributed by atoms with Crippen molar-refractivity contribution < 1.29 is 9.18 Å². The van der Waals surface area contributed by atoms with Crippen LogP contribution in [0.2, 0.25) is 0 Å². The maximum Gasteiger partial charge on any atom is 0.193 e. The van der Waals surface area contributed by atoms with E-state index in [-0.39, 0.29) is 11.6 Å². The first-order valence-corrected chi connectivity index (χ1v) is 6.45. The number of hydrogen-bond donors (Lipinski definition) is 0. The van der Waals surface area contributed by atoms with Crippen molar-refractivity contribution in [3.05, 3.63) is 83.2 Å². The first-order chi connectivity index (χ1) is 9.65. The number of halogens is 1. The number of aryl methyl sites for hydroxylation is 1. The Balaban J connectivity index is 2.10. The molecule has 0 amide bonds. The van der Waals surface area contributed by atoms with Crippen LogP contribution in [0.3, 0.4) is 0 Å². The van der Waals surface area contributed by atoms with Crippen LogP contribution in [-0.4, -0.2) is 5.78 Å². The van der Waals surface area contributed by atoms with Crippen molar-refractivity contribution in [3.63, 3.8) is 0 Å². The molecule has 0 unspecified atom stereocenters. The van der Waals surface area contributed by atoms with Gasteiger partial charge in [0.05, 0.1) is 0 Å². The second-order valence-electron chi connectivity index (χ2n) is 4.85. The summed E-state index contributed by atoms with van der Waals surface area (Å²) in [6, 6.07) is 17.7. The lowest BCUT2D eigenvalue weighted by Gasteiger charge is -2.06. The summed E-state index contributed by atoms with van der Waals surface area (Å²) < 4.78 is 13.3. The fraction of sp³-hybridized carbons (Fsp3) is 0.0556. The number of hydrogen-bond acceptors (Lipinski definition) is 1. The first kappa shape index (κ1) is 12.5. The van der Waals surface area contributed by atoms with Crippen LogP contribution in [-0.2, 0) is 0 Å². The van der Waals surface area contributed by atoms with Crippen molar-refractivity contribution in [1.82, 2.24) is 0 Å². The molecular weight excluding hydrogens is 251 g/mol. The van der Waals surface area contributed by atoms with Gasteiger partial charge in [0.25, 0.3) is 0 Å². The van der Waals surface area contributed by atoms with E-state index in [0.29, 0.717) is 11.1 Å². The molecular formula is C18H13FO. The van der Waals surface area contributed by atoms with Crippen LogP contribution in [0, 0.1) is 12.7 Å². The minimum Gasteiger partial charge on any atom is -0.289 e. The average Bonchev–Trinajstić information content (AvgIpc) is 2.48. The van der Waals surface area contributed by atoms with Gasteiger partial charge in [-0.25, -0.2) is 4.39 Å². The van der Waals surface area contributed by atoms with Gasteiger partial charge in [0, 0.05) is 11.1 Å². The summed E-state index contributed by atoms with van der Waals surface area (Å²) in [6.45, 7) is 1.81. The van der Waals surface area contributed by atoms with Gasteiger partial charge in [-0.05, 0) is 41.5 Å². The van der Waals surface area contributed by atoms with Gasteiger partial charge in [-0.2, -0.15) is 0 Å². The van der Waals surface area contributed by atoms with Crippen molar-refractivity contribution in [1.29, 1.82) is 0 Å². The maximum atomic E-state index is 13.3.